The van der Waals surface area contributed by atoms with E-state index < -0.39 is 47.4 Å². The normalized spacial score (nSPS) is 19.2. The Morgan fingerprint density at radius 1 is 1.32 bits per heavy atom. The highest BCUT2D eigenvalue weighted by Gasteiger charge is 2.35. The minimum atomic E-state index is -4.96. The Balaban J connectivity index is 0.00000341. The van der Waals surface area contributed by atoms with Gasteiger partial charge in [-0.1, -0.05) is 19.0 Å². The molecule has 31 heavy (non-hydrogen) atoms. The first kappa shape index (κ1) is 25.0. The van der Waals surface area contributed by atoms with Crippen molar-refractivity contribution in [3.8, 4) is 5.75 Å². The number of alkyl halides is 6. The first-order chi connectivity index (χ1) is 14.0. The molecule has 2 atom stereocenters. The highest BCUT2D eigenvalue weighted by Crippen LogP contribution is 2.39. The Bertz CT molecular complexity index is 941. The topological polar surface area (TPSA) is 63.2 Å². The van der Waals surface area contributed by atoms with Gasteiger partial charge in [-0.3, -0.25) is 4.79 Å². The summed E-state index contributed by atoms with van der Waals surface area (Å²) in [6.45, 7) is -2.85. The first-order valence-electron chi connectivity index (χ1n) is 8.86. The summed E-state index contributed by atoms with van der Waals surface area (Å²) in [5, 5.41) is 4.91. The summed E-state index contributed by atoms with van der Waals surface area (Å²) in [5.74, 6) is -1.54. The smallest absolute Gasteiger partial charge is 0.418 e. The fraction of sp³-hybridized carbons (Fsp3) is 0.474. The quantitative estimate of drug-likeness (QED) is 0.605. The lowest BCUT2D eigenvalue weighted by Gasteiger charge is -2.26. The lowest BCUT2D eigenvalue weighted by atomic mass is 10.0. The van der Waals surface area contributed by atoms with Crippen molar-refractivity contribution < 1.29 is 35.9 Å². The van der Waals surface area contributed by atoms with E-state index in [1.165, 1.54) is 0 Å². The monoisotopic (exact) mass is 471 g/mol. The van der Waals surface area contributed by atoms with Crippen LogP contribution in [0.3, 0.4) is 0 Å². The number of carbonyl (C=O) groups is 1. The van der Waals surface area contributed by atoms with Gasteiger partial charge in [0, 0.05) is 18.0 Å². The molecule has 0 aliphatic carbocycles. The van der Waals surface area contributed by atoms with Crippen LogP contribution in [0.5, 0.6) is 5.75 Å². The van der Waals surface area contributed by atoms with Crippen LogP contribution in [-0.2, 0) is 6.18 Å². The molecule has 1 aromatic heterocycles. The maximum atomic E-state index is 13.5. The summed E-state index contributed by atoms with van der Waals surface area (Å²) in [6, 6.07) is 1.96. The molecule has 1 saturated heterocycles. The number of pyridine rings is 1. The molecule has 1 unspecified atom stereocenters. The Hall–Kier alpha value is -2.27. The van der Waals surface area contributed by atoms with Crippen LogP contribution in [0.15, 0.2) is 18.2 Å². The molecule has 172 valence electrons. The highest BCUT2D eigenvalue weighted by atomic mass is 35.5. The molecule has 0 spiro atoms. The van der Waals surface area contributed by atoms with Gasteiger partial charge in [0.1, 0.15) is 17.6 Å². The van der Waals surface area contributed by atoms with Crippen molar-refractivity contribution in [2.75, 3.05) is 13.1 Å². The van der Waals surface area contributed by atoms with Crippen molar-refractivity contribution >= 4 is 28.4 Å². The van der Waals surface area contributed by atoms with Gasteiger partial charge in [-0.2, -0.15) is 22.0 Å². The molecular weight excluding hydrogens is 452 g/mol. The molecule has 0 saturated carbocycles. The summed E-state index contributed by atoms with van der Waals surface area (Å²) in [4.78, 5) is 16.1. The van der Waals surface area contributed by atoms with Crippen LogP contribution in [0.2, 0.25) is 5.02 Å². The lowest BCUT2D eigenvalue weighted by molar-refractivity contribution is -0.136. The van der Waals surface area contributed by atoms with Gasteiger partial charge in [0.15, 0.2) is 0 Å². The van der Waals surface area contributed by atoms with E-state index in [9.17, 15) is 31.1 Å². The summed E-state index contributed by atoms with van der Waals surface area (Å²) in [6.07, 6.45) is -5.41. The fourth-order valence-corrected chi connectivity index (χ4v) is 3.43. The zero-order chi connectivity index (χ0) is 22.1. The van der Waals surface area contributed by atoms with Crippen LogP contribution in [0.4, 0.5) is 26.3 Å². The second-order valence-electron chi connectivity index (χ2n) is 6.72. The van der Waals surface area contributed by atoms with E-state index in [0.717, 1.165) is 12.1 Å². The van der Waals surface area contributed by atoms with Crippen molar-refractivity contribution in [3.63, 3.8) is 0 Å². The maximum Gasteiger partial charge on any atom is 0.418 e. The molecule has 3 rings (SSSR count). The number of aromatic nitrogens is 1. The minimum Gasteiger partial charge on any atom is -0.435 e. The number of ether oxygens (including phenoxy) is 1. The number of carbonyl (C=O) groups excluding carboxylic acids is 1. The van der Waals surface area contributed by atoms with Crippen molar-refractivity contribution in [2.45, 2.75) is 45.3 Å². The Morgan fingerprint density at radius 3 is 2.65 bits per heavy atom. The molecule has 1 aromatic carbocycles. The molecule has 0 bridgehead atoms. The molecular formula is C19H20ClF6N3O2. The van der Waals surface area contributed by atoms with Crippen LogP contribution >= 0.6 is 11.6 Å². The average Bonchev–Trinajstić information content (AvgIpc) is 2.64. The third-order valence-electron chi connectivity index (χ3n) is 4.54. The summed E-state index contributed by atoms with van der Waals surface area (Å²) < 4.78 is 82.8. The van der Waals surface area contributed by atoms with E-state index in [1.807, 2.05) is 0 Å². The molecule has 1 aliphatic rings. The maximum absolute atomic E-state index is 13.5. The van der Waals surface area contributed by atoms with E-state index in [1.54, 1.807) is 0 Å². The van der Waals surface area contributed by atoms with Gasteiger partial charge in [-0.05, 0) is 37.6 Å². The van der Waals surface area contributed by atoms with Crippen LogP contribution < -0.4 is 15.4 Å². The summed E-state index contributed by atoms with van der Waals surface area (Å²) >= 11 is 6.01. The van der Waals surface area contributed by atoms with Crippen molar-refractivity contribution in [1.29, 1.82) is 0 Å². The van der Waals surface area contributed by atoms with Gasteiger partial charge < -0.3 is 15.4 Å². The highest BCUT2D eigenvalue weighted by molar-refractivity contribution is 6.35. The standard InChI is InChI=1S/C18H16ClF6N3O2.CH4/c19-13-6-14(16(29)27-7-9-3-8(20)1-2-26-9)28-15-11(13)4-10(30-17(21)22)5-12(15)18(23,24)25;/h4-6,8-9,17,26H,1-3,7H2,(H,27,29);1H4/t8?,9-;/m1./s1. The van der Waals surface area contributed by atoms with Crippen molar-refractivity contribution in [2.24, 2.45) is 0 Å². The van der Waals surface area contributed by atoms with Gasteiger partial charge in [0.25, 0.3) is 5.91 Å². The predicted octanol–water partition coefficient (Wildman–Crippen LogP) is 4.96. The van der Waals surface area contributed by atoms with Gasteiger partial charge in [-0.25, -0.2) is 9.37 Å². The number of hydrogen-bond donors (Lipinski definition) is 2. The van der Waals surface area contributed by atoms with Crippen LogP contribution in [-0.4, -0.2) is 42.8 Å². The van der Waals surface area contributed by atoms with Crippen LogP contribution in [0, 0.1) is 0 Å². The Morgan fingerprint density at radius 2 is 2.03 bits per heavy atom. The number of halogens is 7. The largest absolute Gasteiger partial charge is 0.435 e. The summed E-state index contributed by atoms with van der Waals surface area (Å²) in [5.41, 5.74) is -2.45. The zero-order valence-corrected chi connectivity index (χ0v) is 16.0. The number of hydrogen-bond acceptors (Lipinski definition) is 4. The third-order valence-corrected chi connectivity index (χ3v) is 4.85. The van der Waals surface area contributed by atoms with Gasteiger partial charge in [-0.15, -0.1) is 0 Å². The Kier molecular flexibility index (Phi) is 7.98. The van der Waals surface area contributed by atoms with Crippen molar-refractivity contribution in [1.82, 2.24) is 15.6 Å². The average molecular weight is 472 g/mol. The number of fused-ring (bicyclic) bond motifs is 1. The Labute approximate surface area is 179 Å². The number of rotatable bonds is 5. The van der Waals surface area contributed by atoms with E-state index in [-0.39, 0.29) is 36.8 Å². The molecule has 1 aliphatic heterocycles. The molecule has 2 N–H and O–H groups in total. The van der Waals surface area contributed by atoms with Crippen LogP contribution in [0.25, 0.3) is 10.9 Å². The lowest BCUT2D eigenvalue weighted by Crippen LogP contribution is -2.46. The van der Waals surface area contributed by atoms with E-state index in [4.69, 9.17) is 11.6 Å². The van der Waals surface area contributed by atoms with Gasteiger partial charge in [0.2, 0.25) is 0 Å². The third kappa shape index (κ3) is 6.13. The SMILES string of the molecule is C.O=C(NC[C@H]1CC(F)CCN1)c1cc(Cl)c2cc(OC(F)F)cc(C(F)(F)F)c2n1. The second-order valence-corrected chi connectivity index (χ2v) is 7.12. The molecule has 0 radical (unpaired) electrons. The van der Waals surface area contributed by atoms with E-state index >= 15 is 0 Å². The number of amides is 1. The summed E-state index contributed by atoms with van der Waals surface area (Å²) in [7, 11) is 0. The molecule has 5 nitrogen and oxygen atoms in total. The number of nitrogens with one attached hydrogen (secondary N) is 2. The molecule has 1 fully saturated rings. The number of piperidine rings is 1. The molecule has 1 amide bonds. The number of nitrogens with zero attached hydrogens (tertiary/aromatic N) is 1. The van der Waals surface area contributed by atoms with Gasteiger partial charge in [0.05, 0.1) is 16.1 Å². The first-order valence-corrected chi connectivity index (χ1v) is 9.24. The van der Waals surface area contributed by atoms with Gasteiger partial charge >= 0.3 is 12.8 Å². The van der Waals surface area contributed by atoms with Crippen molar-refractivity contribution in [3.05, 3.63) is 34.5 Å². The van der Waals surface area contributed by atoms with E-state index in [0.29, 0.717) is 19.0 Å². The minimum absolute atomic E-state index is 0. The van der Waals surface area contributed by atoms with Crippen LogP contribution in [0.1, 0.15) is 36.3 Å². The molecule has 2 heterocycles. The number of benzene rings is 1. The second kappa shape index (κ2) is 9.90. The van der Waals surface area contributed by atoms with E-state index in [2.05, 4.69) is 20.4 Å². The molecule has 12 heteroatoms. The zero-order valence-electron chi connectivity index (χ0n) is 15.2. The predicted molar refractivity (Wildman–Crippen MR) is 103 cm³/mol. The molecule has 2 aromatic rings. The fourth-order valence-electron chi connectivity index (χ4n) is 3.18.